The molecule has 0 aliphatic carbocycles. The van der Waals surface area contributed by atoms with Crippen LogP contribution < -0.4 is 9.47 Å². The van der Waals surface area contributed by atoms with Crippen LogP contribution in [0.25, 0.3) is 0 Å². The van der Waals surface area contributed by atoms with Gasteiger partial charge in [-0.1, -0.05) is 0 Å². The van der Waals surface area contributed by atoms with Crippen LogP contribution in [-0.2, 0) is 13.0 Å². The molecule has 130 valence electrons. The quantitative estimate of drug-likeness (QED) is 0.925. The molecule has 25 heavy (non-hydrogen) atoms. The first-order valence-corrected chi connectivity index (χ1v) is 7.90. The first-order chi connectivity index (χ1) is 12.0. The summed E-state index contributed by atoms with van der Waals surface area (Å²) in [7, 11) is 3.03. The predicted molar refractivity (Wildman–Crippen MR) is 91.4 cm³/mol. The Labute approximate surface area is 145 Å². The van der Waals surface area contributed by atoms with Crippen LogP contribution in [0.1, 0.15) is 31.8 Å². The molecule has 0 saturated carbocycles. The number of aromatic carboxylic acids is 1. The molecule has 3 rings (SSSR count). The number of carbonyl (C=O) groups excluding carboxylic acids is 1. The average Bonchev–Trinajstić information content (AvgIpc) is 2.65. The molecule has 6 nitrogen and oxygen atoms in total. The van der Waals surface area contributed by atoms with Crippen LogP contribution in [-0.4, -0.2) is 42.6 Å². The summed E-state index contributed by atoms with van der Waals surface area (Å²) in [6.45, 7) is 0.956. The number of rotatable bonds is 4. The number of hydrogen-bond donors (Lipinski definition) is 1. The van der Waals surface area contributed by atoms with E-state index in [0.29, 0.717) is 36.6 Å². The second-order valence-corrected chi connectivity index (χ2v) is 5.83. The molecule has 6 heteroatoms. The van der Waals surface area contributed by atoms with Gasteiger partial charge in [0.05, 0.1) is 14.2 Å². The normalized spacial score (nSPS) is 13.1. The molecule has 0 unspecified atom stereocenters. The van der Waals surface area contributed by atoms with Crippen LogP contribution in [0.5, 0.6) is 11.5 Å². The summed E-state index contributed by atoms with van der Waals surface area (Å²) in [5.74, 6) is -0.0841. The topological polar surface area (TPSA) is 76.1 Å². The molecule has 0 atom stereocenters. The number of hydrogen-bond acceptors (Lipinski definition) is 4. The van der Waals surface area contributed by atoms with E-state index in [1.54, 1.807) is 48.4 Å². The van der Waals surface area contributed by atoms with Crippen molar-refractivity contribution in [1.29, 1.82) is 0 Å². The second kappa shape index (κ2) is 6.84. The van der Waals surface area contributed by atoms with Crippen molar-refractivity contribution in [2.45, 2.75) is 13.0 Å². The minimum Gasteiger partial charge on any atom is -0.497 e. The van der Waals surface area contributed by atoms with E-state index in [0.717, 1.165) is 11.1 Å². The van der Waals surface area contributed by atoms with Crippen LogP contribution in [0.15, 0.2) is 36.4 Å². The molecule has 0 radical (unpaired) electrons. The number of carboxylic acids is 1. The van der Waals surface area contributed by atoms with Gasteiger partial charge in [-0.15, -0.1) is 0 Å². The Balaban J connectivity index is 1.85. The number of ether oxygens (including phenoxy) is 2. The highest BCUT2D eigenvalue weighted by atomic mass is 16.5. The Kier molecular flexibility index (Phi) is 4.61. The summed E-state index contributed by atoms with van der Waals surface area (Å²) in [4.78, 5) is 25.8. The summed E-state index contributed by atoms with van der Waals surface area (Å²) in [5.41, 5.74) is 2.54. The summed E-state index contributed by atoms with van der Waals surface area (Å²) in [6.07, 6.45) is 0.660. The summed E-state index contributed by atoms with van der Waals surface area (Å²) in [5, 5.41) is 9.33. The highest BCUT2D eigenvalue weighted by molar-refractivity contribution is 5.95. The zero-order chi connectivity index (χ0) is 18.0. The van der Waals surface area contributed by atoms with Gasteiger partial charge in [0.1, 0.15) is 17.1 Å². The monoisotopic (exact) mass is 341 g/mol. The third-order valence-corrected chi connectivity index (χ3v) is 4.39. The molecule has 0 aromatic heterocycles. The fourth-order valence-corrected chi connectivity index (χ4v) is 3.01. The Morgan fingerprint density at radius 1 is 1.04 bits per heavy atom. The molecule has 1 N–H and O–H groups in total. The van der Waals surface area contributed by atoms with Crippen molar-refractivity contribution in [2.75, 3.05) is 20.8 Å². The first-order valence-electron chi connectivity index (χ1n) is 7.90. The number of amides is 1. The lowest BCUT2D eigenvalue weighted by Gasteiger charge is -2.29. The van der Waals surface area contributed by atoms with E-state index in [2.05, 4.69) is 0 Å². The molecule has 2 aromatic carbocycles. The van der Waals surface area contributed by atoms with E-state index in [4.69, 9.17) is 9.47 Å². The lowest BCUT2D eigenvalue weighted by Crippen LogP contribution is -2.36. The van der Waals surface area contributed by atoms with Crippen LogP contribution in [0, 0.1) is 0 Å². The molecule has 0 spiro atoms. The molecule has 2 aromatic rings. The van der Waals surface area contributed by atoms with E-state index < -0.39 is 5.97 Å². The van der Waals surface area contributed by atoms with Crippen molar-refractivity contribution >= 4 is 11.9 Å². The van der Waals surface area contributed by atoms with Gasteiger partial charge in [0, 0.05) is 18.7 Å². The molecule has 1 heterocycles. The lowest BCUT2D eigenvalue weighted by atomic mass is 9.96. The standard InChI is InChI=1S/C19H19NO5/c1-24-15-5-3-12(4-6-15)18(21)20-8-7-13-10-17(25-2)16(19(22)23)9-14(13)11-20/h3-6,9-10H,7-8,11H2,1-2H3,(H,22,23). The molecular formula is C19H19NO5. The Hall–Kier alpha value is -3.02. The molecule has 0 fully saturated rings. The highest BCUT2D eigenvalue weighted by Gasteiger charge is 2.24. The minimum absolute atomic E-state index is 0.0824. The van der Waals surface area contributed by atoms with Gasteiger partial charge in [-0.05, 0) is 53.9 Å². The van der Waals surface area contributed by atoms with Crippen molar-refractivity contribution in [3.8, 4) is 11.5 Å². The van der Waals surface area contributed by atoms with Crippen LogP contribution in [0.4, 0.5) is 0 Å². The highest BCUT2D eigenvalue weighted by Crippen LogP contribution is 2.28. The molecule has 1 aliphatic heterocycles. The van der Waals surface area contributed by atoms with Crippen molar-refractivity contribution in [3.63, 3.8) is 0 Å². The molecule has 1 aliphatic rings. The van der Waals surface area contributed by atoms with Gasteiger partial charge >= 0.3 is 5.97 Å². The van der Waals surface area contributed by atoms with E-state index >= 15 is 0 Å². The smallest absolute Gasteiger partial charge is 0.339 e. The first kappa shape index (κ1) is 16.8. The maximum Gasteiger partial charge on any atom is 0.339 e. The van der Waals surface area contributed by atoms with Crippen molar-refractivity contribution in [1.82, 2.24) is 4.90 Å². The van der Waals surface area contributed by atoms with Crippen molar-refractivity contribution in [2.24, 2.45) is 0 Å². The molecule has 1 amide bonds. The Morgan fingerprint density at radius 3 is 2.36 bits per heavy atom. The third kappa shape index (κ3) is 3.28. The van der Waals surface area contributed by atoms with Gasteiger partial charge in [0.15, 0.2) is 0 Å². The van der Waals surface area contributed by atoms with Gasteiger partial charge in [-0.3, -0.25) is 4.79 Å². The minimum atomic E-state index is -1.04. The maximum atomic E-state index is 12.7. The zero-order valence-corrected chi connectivity index (χ0v) is 14.1. The number of nitrogens with zero attached hydrogens (tertiary/aromatic N) is 1. The van der Waals surface area contributed by atoms with Gasteiger partial charge < -0.3 is 19.5 Å². The number of benzene rings is 2. The molecule has 0 bridgehead atoms. The maximum absolute atomic E-state index is 12.7. The molecular weight excluding hydrogens is 322 g/mol. The van der Waals surface area contributed by atoms with Crippen LogP contribution in [0.3, 0.4) is 0 Å². The largest absolute Gasteiger partial charge is 0.497 e. The third-order valence-electron chi connectivity index (χ3n) is 4.39. The Bertz CT molecular complexity index is 813. The fraction of sp³-hybridized carbons (Fsp3) is 0.263. The number of methoxy groups -OCH3 is 2. The number of carbonyl (C=O) groups is 2. The van der Waals surface area contributed by atoms with Crippen LogP contribution >= 0.6 is 0 Å². The van der Waals surface area contributed by atoms with E-state index in [-0.39, 0.29) is 11.5 Å². The molecule has 0 saturated heterocycles. The van der Waals surface area contributed by atoms with Crippen LogP contribution in [0.2, 0.25) is 0 Å². The van der Waals surface area contributed by atoms with E-state index in [1.807, 2.05) is 0 Å². The van der Waals surface area contributed by atoms with Gasteiger partial charge in [0.2, 0.25) is 0 Å². The summed E-state index contributed by atoms with van der Waals surface area (Å²) < 4.78 is 10.3. The predicted octanol–water partition coefficient (Wildman–Crippen LogP) is 2.60. The second-order valence-electron chi connectivity index (χ2n) is 5.83. The summed E-state index contributed by atoms with van der Waals surface area (Å²) >= 11 is 0. The lowest BCUT2D eigenvalue weighted by molar-refractivity contribution is 0.0693. The van der Waals surface area contributed by atoms with Crippen molar-refractivity contribution in [3.05, 3.63) is 58.7 Å². The zero-order valence-electron chi connectivity index (χ0n) is 14.1. The number of carboxylic acid groups (broad SMARTS) is 1. The van der Waals surface area contributed by atoms with E-state index in [9.17, 15) is 14.7 Å². The Morgan fingerprint density at radius 2 is 1.76 bits per heavy atom. The van der Waals surface area contributed by atoms with Gasteiger partial charge in [-0.2, -0.15) is 0 Å². The average molecular weight is 341 g/mol. The SMILES string of the molecule is COc1ccc(C(=O)N2CCc3cc(OC)c(C(=O)O)cc3C2)cc1. The van der Waals surface area contributed by atoms with Crippen molar-refractivity contribution < 1.29 is 24.2 Å². The summed E-state index contributed by atoms with van der Waals surface area (Å²) in [6, 6.07) is 10.3. The van der Waals surface area contributed by atoms with Gasteiger partial charge in [0.25, 0.3) is 5.91 Å². The van der Waals surface area contributed by atoms with Gasteiger partial charge in [-0.25, -0.2) is 4.79 Å². The van der Waals surface area contributed by atoms with E-state index in [1.165, 1.54) is 7.11 Å². The fourth-order valence-electron chi connectivity index (χ4n) is 3.01. The number of fused-ring (bicyclic) bond motifs is 1.